The highest BCUT2D eigenvalue weighted by Gasteiger charge is 2.10. The monoisotopic (exact) mass is 346 g/mol. The van der Waals surface area contributed by atoms with E-state index in [1.54, 1.807) is 25.3 Å². The van der Waals surface area contributed by atoms with Crippen molar-refractivity contribution in [1.29, 1.82) is 0 Å². The van der Waals surface area contributed by atoms with Gasteiger partial charge in [0.05, 0.1) is 0 Å². The van der Waals surface area contributed by atoms with E-state index in [2.05, 4.69) is 52.2 Å². The third kappa shape index (κ3) is 4.06. The Morgan fingerprint density at radius 2 is 1.88 bits per heavy atom. The van der Waals surface area contributed by atoms with E-state index in [9.17, 15) is 4.79 Å². The van der Waals surface area contributed by atoms with Gasteiger partial charge in [-0.15, -0.1) is 0 Å². The highest BCUT2D eigenvalue weighted by molar-refractivity contribution is 5.94. The fraction of sp³-hybridized carbons (Fsp3) is 0.190. The first-order valence-corrected chi connectivity index (χ1v) is 8.62. The maximum absolute atomic E-state index is 11.4. The molecule has 1 heterocycles. The molecule has 0 saturated heterocycles. The number of carbonyl (C=O) groups excluding carboxylic acids is 1. The number of Topliss-reactive ketones (excluding diaryl/α,β-unsaturated/α-hetero) is 1. The molecule has 0 aliphatic heterocycles. The molecule has 0 unspecified atom stereocenters. The molecule has 5 heteroatoms. The highest BCUT2D eigenvalue weighted by atomic mass is 16.1. The number of ketones is 1. The van der Waals surface area contributed by atoms with Crippen LogP contribution in [0.5, 0.6) is 0 Å². The number of nitrogens with one attached hydrogen (secondary N) is 1. The second-order valence-corrected chi connectivity index (χ2v) is 6.08. The molecule has 0 spiro atoms. The number of nitrogens with zero attached hydrogens (tertiary/aromatic N) is 3. The van der Waals surface area contributed by atoms with Crippen molar-refractivity contribution < 1.29 is 4.79 Å². The van der Waals surface area contributed by atoms with Crippen molar-refractivity contribution >= 4 is 28.9 Å². The van der Waals surface area contributed by atoms with Gasteiger partial charge in [0.15, 0.2) is 5.78 Å². The first kappa shape index (κ1) is 17.6. The lowest BCUT2D eigenvalue weighted by atomic mass is 10.1. The van der Waals surface area contributed by atoms with Crippen LogP contribution in [0.3, 0.4) is 0 Å². The van der Waals surface area contributed by atoms with Gasteiger partial charge in [-0.25, -0.2) is 4.98 Å². The van der Waals surface area contributed by atoms with Gasteiger partial charge in [0.1, 0.15) is 5.82 Å². The molecular formula is C21H22N4O. The zero-order valence-corrected chi connectivity index (χ0v) is 15.2. The Balaban J connectivity index is 1.84. The van der Waals surface area contributed by atoms with Crippen LogP contribution in [0, 0.1) is 6.92 Å². The van der Waals surface area contributed by atoms with Gasteiger partial charge in [0.2, 0.25) is 5.95 Å². The Morgan fingerprint density at radius 3 is 2.54 bits per heavy atom. The van der Waals surface area contributed by atoms with E-state index in [1.807, 2.05) is 24.3 Å². The number of hydrogen-bond acceptors (Lipinski definition) is 5. The molecule has 5 nitrogen and oxygen atoms in total. The molecule has 0 fully saturated rings. The predicted octanol–water partition coefficient (Wildman–Crippen LogP) is 4.89. The van der Waals surface area contributed by atoms with E-state index in [0.29, 0.717) is 11.5 Å². The Kier molecular flexibility index (Phi) is 5.27. The lowest BCUT2D eigenvalue weighted by Gasteiger charge is -2.22. The van der Waals surface area contributed by atoms with E-state index < -0.39 is 0 Å². The molecule has 26 heavy (non-hydrogen) atoms. The molecule has 0 aliphatic carbocycles. The van der Waals surface area contributed by atoms with Crippen molar-refractivity contribution in [3.8, 4) is 0 Å². The number of anilines is 4. The van der Waals surface area contributed by atoms with Gasteiger partial charge in [-0.3, -0.25) is 4.79 Å². The third-order valence-corrected chi connectivity index (χ3v) is 4.09. The van der Waals surface area contributed by atoms with Gasteiger partial charge in [0, 0.05) is 29.7 Å². The largest absolute Gasteiger partial charge is 0.326 e. The lowest BCUT2D eigenvalue weighted by Crippen LogP contribution is -2.18. The second-order valence-electron chi connectivity index (χ2n) is 6.08. The number of carbonyl (C=O) groups is 1. The van der Waals surface area contributed by atoms with Crippen LogP contribution in [0.15, 0.2) is 60.8 Å². The average molecular weight is 346 g/mol. The van der Waals surface area contributed by atoms with Crippen LogP contribution in [0.4, 0.5) is 23.1 Å². The summed E-state index contributed by atoms with van der Waals surface area (Å²) in [6, 6.07) is 17.5. The standard InChI is InChI=1S/C21H22N4O/c1-4-25(19-7-5-6-15(2)14-19)20-12-13-22-21(24-20)23-18-10-8-17(9-11-18)16(3)26/h5-14H,4H2,1-3H3,(H,22,23,24). The lowest BCUT2D eigenvalue weighted by molar-refractivity contribution is 0.101. The zero-order valence-electron chi connectivity index (χ0n) is 15.2. The minimum atomic E-state index is 0.0477. The first-order chi connectivity index (χ1) is 12.6. The fourth-order valence-corrected chi connectivity index (χ4v) is 2.75. The second kappa shape index (κ2) is 7.78. The number of benzene rings is 2. The number of rotatable bonds is 6. The SMILES string of the molecule is CCN(c1cccc(C)c1)c1ccnc(Nc2ccc(C(C)=O)cc2)n1. The molecule has 1 aromatic heterocycles. The summed E-state index contributed by atoms with van der Waals surface area (Å²) in [5.41, 5.74) is 3.83. The average Bonchev–Trinajstić information content (AvgIpc) is 2.63. The Hall–Kier alpha value is -3.21. The summed E-state index contributed by atoms with van der Waals surface area (Å²) >= 11 is 0. The normalized spacial score (nSPS) is 10.4. The molecule has 1 N–H and O–H groups in total. The molecule has 0 saturated carbocycles. The Morgan fingerprint density at radius 1 is 1.12 bits per heavy atom. The molecular weight excluding hydrogens is 324 g/mol. The summed E-state index contributed by atoms with van der Waals surface area (Å²) in [4.78, 5) is 22.5. The van der Waals surface area contributed by atoms with Crippen molar-refractivity contribution in [3.63, 3.8) is 0 Å². The van der Waals surface area contributed by atoms with Crippen LogP contribution in [-0.4, -0.2) is 22.3 Å². The Labute approximate surface area is 153 Å². The molecule has 3 rings (SSSR count). The van der Waals surface area contributed by atoms with Crippen LogP contribution in [-0.2, 0) is 0 Å². The number of hydrogen-bond donors (Lipinski definition) is 1. The smallest absolute Gasteiger partial charge is 0.229 e. The molecule has 0 radical (unpaired) electrons. The predicted molar refractivity (Wildman–Crippen MR) is 106 cm³/mol. The van der Waals surface area contributed by atoms with E-state index in [0.717, 1.165) is 23.7 Å². The van der Waals surface area contributed by atoms with Crippen molar-refractivity contribution in [2.45, 2.75) is 20.8 Å². The molecule has 0 bridgehead atoms. The van der Waals surface area contributed by atoms with Crippen LogP contribution >= 0.6 is 0 Å². The van der Waals surface area contributed by atoms with Crippen molar-refractivity contribution in [3.05, 3.63) is 71.9 Å². The molecule has 2 aromatic carbocycles. The summed E-state index contributed by atoms with van der Waals surface area (Å²) < 4.78 is 0. The van der Waals surface area contributed by atoms with Crippen molar-refractivity contribution in [2.75, 3.05) is 16.8 Å². The molecule has 0 aliphatic rings. The minimum Gasteiger partial charge on any atom is -0.326 e. The number of aryl methyl sites for hydroxylation is 1. The summed E-state index contributed by atoms with van der Waals surface area (Å²) in [7, 11) is 0. The van der Waals surface area contributed by atoms with Crippen LogP contribution in [0.1, 0.15) is 29.8 Å². The first-order valence-electron chi connectivity index (χ1n) is 8.62. The van der Waals surface area contributed by atoms with Crippen LogP contribution in [0.25, 0.3) is 0 Å². The van der Waals surface area contributed by atoms with Crippen molar-refractivity contribution in [2.24, 2.45) is 0 Å². The number of aromatic nitrogens is 2. The molecule has 0 amide bonds. The zero-order chi connectivity index (χ0) is 18.5. The summed E-state index contributed by atoms with van der Waals surface area (Å²) in [5.74, 6) is 1.40. The van der Waals surface area contributed by atoms with Crippen LogP contribution < -0.4 is 10.2 Å². The maximum atomic E-state index is 11.4. The van der Waals surface area contributed by atoms with Crippen LogP contribution in [0.2, 0.25) is 0 Å². The maximum Gasteiger partial charge on any atom is 0.229 e. The molecule has 132 valence electrons. The Bertz CT molecular complexity index is 906. The topological polar surface area (TPSA) is 58.1 Å². The van der Waals surface area contributed by atoms with E-state index in [-0.39, 0.29) is 5.78 Å². The third-order valence-electron chi connectivity index (χ3n) is 4.09. The fourth-order valence-electron chi connectivity index (χ4n) is 2.75. The van der Waals surface area contributed by atoms with Gasteiger partial charge in [0.25, 0.3) is 0 Å². The van der Waals surface area contributed by atoms with E-state index >= 15 is 0 Å². The summed E-state index contributed by atoms with van der Waals surface area (Å²) in [5, 5.41) is 3.19. The highest BCUT2D eigenvalue weighted by Crippen LogP contribution is 2.25. The minimum absolute atomic E-state index is 0.0477. The quantitative estimate of drug-likeness (QED) is 0.644. The molecule has 0 atom stereocenters. The van der Waals surface area contributed by atoms with Gasteiger partial charge in [-0.1, -0.05) is 12.1 Å². The van der Waals surface area contributed by atoms with E-state index in [1.165, 1.54) is 5.56 Å². The van der Waals surface area contributed by atoms with E-state index in [4.69, 9.17) is 0 Å². The van der Waals surface area contributed by atoms with Gasteiger partial charge in [-0.2, -0.15) is 4.98 Å². The summed E-state index contributed by atoms with van der Waals surface area (Å²) in [6.07, 6.45) is 1.74. The molecule has 3 aromatic rings. The van der Waals surface area contributed by atoms with Gasteiger partial charge < -0.3 is 10.2 Å². The summed E-state index contributed by atoms with van der Waals surface area (Å²) in [6.45, 7) is 6.53. The van der Waals surface area contributed by atoms with Crippen molar-refractivity contribution in [1.82, 2.24) is 9.97 Å². The van der Waals surface area contributed by atoms with Gasteiger partial charge in [-0.05, 0) is 68.8 Å². The van der Waals surface area contributed by atoms with Gasteiger partial charge >= 0.3 is 0 Å².